The maximum Gasteiger partial charge on any atom is 0.329 e. The van der Waals surface area contributed by atoms with Crippen molar-refractivity contribution in [2.24, 2.45) is 0 Å². The standard InChI is InChI=1S/C23H25N3O2/c1-25(20-10-3-2-4-11-20)23(28)26-15-22(24-16-26)19-9-5-7-17(13-19)18-8-6-12-21(27)14-18/h5-9,12-16,20,27H,2-4,10-11H2,1H3. The molecule has 28 heavy (non-hydrogen) atoms. The molecule has 144 valence electrons. The van der Waals surface area contributed by atoms with E-state index in [0.29, 0.717) is 6.04 Å². The average molecular weight is 375 g/mol. The van der Waals surface area contributed by atoms with Crippen molar-refractivity contribution >= 4 is 6.03 Å². The number of aromatic nitrogens is 2. The van der Waals surface area contributed by atoms with Crippen LogP contribution in [0.3, 0.4) is 0 Å². The number of carbonyl (C=O) groups is 1. The molecule has 1 aliphatic carbocycles. The van der Waals surface area contributed by atoms with Gasteiger partial charge in [0.2, 0.25) is 0 Å². The van der Waals surface area contributed by atoms with Crippen LogP contribution in [0.2, 0.25) is 0 Å². The van der Waals surface area contributed by atoms with Gasteiger partial charge in [0.1, 0.15) is 12.1 Å². The lowest BCUT2D eigenvalue weighted by atomic mass is 9.95. The molecule has 3 aromatic rings. The molecule has 1 aliphatic rings. The van der Waals surface area contributed by atoms with Gasteiger partial charge in [0.05, 0.1) is 5.69 Å². The molecule has 2 aromatic carbocycles. The molecular formula is C23H25N3O2. The number of amides is 1. The molecule has 0 saturated heterocycles. The fourth-order valence-electron chi connectivity index (χ4n) is 3.93. The van der Waals surface area contributed by atoms with Crippen molar-refractivity contribution in [1.82, 2.24) is 14.5 Å². The first-order valence-electron chi connectivity index (χ1n) is 9.83. The van der Waals surface area contributed by atoms with Crippen molar-refractivity contribution in [2.75, 3.05) is 7.05 Å². The van der Waals surface area contributed by atoms with Gasteiger partial charge in [0.15, 0.2) is 0 Å². The largest absolute Gasteiger partial charge is 0.508 e. The summed E-state index contributed by atoms with van der Waals surface area (Å²) in [6.45, 7) is 0. The molecule has 0 bridgehead atoms. The quantitative estimate of drug-likeness (QED) is 0.688. The van der Waals surface area contributed by atoms with Crippen molar-refractivity contribution in [3.8, 4) is 28.1 Å². The zero-order chi connectivity index (χ0) is 19.5. The van der Waals surface area contributed by atoms with Crippen molar-refractivity contribution in [2.45, 2.75) is 38.1 Å². The van der Waals surface area contributed by atoms with Gasteiger partial charge in [-0.25, -0.2) is 9.78 Å². The van der Waals surface area contributed by atoms with Gasteiger partial charge in [0, 0.05) is 24.8 Å². The molecule has 1 heterocycles. The van der Waals surface area contributed by atoms with Crippen LogP contribution < -0.4 is 0 Å². The average Bonchev–Trinajstić information content (AvgIpc) is 3.24. The molecule has 5 nitrogen and oxygen atoms in total. The molecule has 1 amide bonds. The topological polar surface area (TPSA) is 58.4 Å². The number of nitrogens with zero attached hydrogens (tertiary/aromatic N) is 3. The molecule has 1 aromatic heterocycles. The summed E-state index contributed by atoms with van der Waals surface area (Å²) < 4.78 is 1.57. The fourth-order valence-corrected chi connectivity index (χ4v) is 3.93. The molecule has 0 aliphatic heterocycles. The molecular weight excluding hydrogens is 350 g/mol. The minimum Gasteiger partial charge on any atom is -0.508 e. The van der Waals surface area contributed by atoms with E-state index in [0.717, 1.165) is 35.2 Å². The van der Waals surface area contributed by atoms with Gasteiger partial charge >= 0.3 is 6.03 Å². The lowest BCUT2D eigenvalue weighted by Gasteiger charge is -2.31. The van der Waals surface area contributed by atoms with E-state index in [9.17, 15) is 9.90 Å². The number of aromatic hydroxyl groups is 1. The Labute approximate surface area is 165 Å². The maximum atomic E-state index is 12.8. The number of carbonyl (C=O) groups excluding carboxylic acids is 1. The minimum atomic E-state index is -0.0326. The summed E-state index contributed by atoms with van der Waals surface area (Å²) in [5, 5.41) is 9.73. The summed E-state index contributed by atoms with van der Waals surface area (Å²) in [7, 11) is 1.89. The van der Waals surface area contributed by atoms with Crippen molar-refractivity contribution < 1.29 is 9.90 Å². The lowest BCUT2D eigenvalue weighted by molar-refractivity contribution is 0.175. The van der Waals surface area contributed by atoms with E-state index in [1.807, 2.05) is 48.3 Å². The minimum absolute atomic E-state index is 0.0326. The van der Waals surface area contributed by atoms with Crippen LogP contribution in [0.15, 0.2) is 61.1 Å². The zero-order valence-electron chi connectivity index (χ0n) is 16.1. The third kappa shape index (κ3) is 3.79. The highest BCUT2D eigenvalue weighted by molar-refractivity contribution is 5.79. The van der Waals surface area contributed by atoms with E-state index < -0.39 is 0 Å². The monoisotopic (exact) mass is 375 g/mol. The highest BCUT2D eigenvalue weighted by atomic mass is 16.3. The summed E-state index contributed by atoms with van der Waals surface area (Å²) in [5.41, 5.74) is 3.63. The molecule has 4 rings (SSSR count). The first kappa shape index (κ1) is 18.3. The Morgan fingerprint density at radius 1 is 1.04 bits per heavy atom. The number of phenols is 1. The van der Waals surface area contributed by atoms with Gasteiger partial charge in [-0.05, 0) is 42.2 Å². The van der Waals surface area contributed by atoms with E-state index in [2.05, 4.69) is 4.98 Å². The summed E-state index contributed by atoms with van der Waals surface area (Å²) >= 11 is 0. The van der Waals surface area contributed by atoms with Gasteiger partial charge < -0.3 is 10.0 Å². The van der Waals surface area contributed by atoms with E-state index >= 15 is 0 Å². The van der Waals surface area contributed by atoms with Gasteiger partial charge in [-0.1, -0.05) is 49.6 Å². The molecule has 0 spiro atoms. The molecule has 1 fully saturated rings. The van der Waals surface area contributed by atoms with Crippen LogP contribution >= 0.6 is 0 Å². The number of rotatable bonds is 3. The summed E-state index contributed by atoms with van der Waals surface area (Å²) in [4.78, 5) is 19.1. The van der Waals surface area contributed by atoms with E-state index in [1.165, 1.54) is 19.3 Å². The van der Waals surface area contributed by atoms with E-state index in [4.69, 9.17) is 0 Å². The van der Waals surface area contributed by atoms with Crippen molar-refractivity contribution in [3.05, 3.63) is 61.1 Å². The van der Waals surface area contributed by atoms with Crippen LogP contribution in [-0.4, -0.2) is 38.7 Å². The number of imidazole rings is 1. The molecule has 1 N–H and O–H groups in total. The van der Waals surface area contributed by atoms with Crippen LogP contribution in [0.5, 0.6) is 5.75 Å². The molecule has 0 radical (unpaired) electrons. The van der Waals surface area contributed by atoms with Crippen LogP contribution in [0, 0.1) is 0 Å². The maximum absolute atomic E-state index is 12.8. The third-order valence-electron chi connectivity index (χ3n) is 5.57. The first-order chi connectivity index (χ1) is 13.6. The second kappa shape index (κ2) is 7.89. The number of benzene rings is 2. The highest BCUT2D eigenvalue weighted by Crippen LogP contribution is 2.28. The van der Waals surface area contributed by atoms with Crippen molar-refractivity contribution in [1.29, 1.82) is 0 Å². The summed E-state index contributed by atoms with van der Waals surface area (Å²) in [5.74, 6) is 0.239. The third-order valence-corrected chi connectivity index (χ3v) is 5.57. The summed E-state index contributed by atoms with van der Waals surface area (Å²) in [6.07, 6.45) is 9.20. The van der Waals surface area contributed by atoms with Crippen LogP contribution in [0.25, 0.3) is 22.4 Å². The predicted octanol–water partition coefficient (Wildman–Crippen LogP) is 5.16. The summed E-state index contributed by atoms with van der Waals surface area (Å²) in [6, 6.07) is 15.4. The second-order valence-electron chi connectivity index (χ2n) is 7.48. The first-order valence-corrected chi connectivity index (χ1v) is 9.83. The Morgan fingerprint density at radius 3 is 2.46 bits per heavy atom. The Morgan fingerprint density at radius 2 is 1.71 bits per heavy atom. The second-order valence-corrected chi connectivity index (χ2v) is 7.48. The zero-order valence-corrected chi connectivity index (χ0v) is 16.1. The number of phenolic OH excluding ortho intramolecular Hbond substituents is 1. The Hall–Kier alpha value is -3.08. The number of hydrogen-bond acceptors (Lipinski definition) is 3. The van der Waals surface area contributed by atoms with Gasteiger partial charge in [0.25, 0.3) is 0 Å². The van der Waals surface area contributed by atoms with Crippen LogP contribution in [-0.2, 0) is 0 Å². The smallest absolute Gasteiger partial charge is 0.329 e. The van der Waals surface area contributed by atoms with E-state index in [1.54, 1.807) is 29.2 Å². The van der Waals surface area contributed by atoms with Gasteiger partial charge in [-0.2, -0.15) is 0 Å². The fraction of sp³-hybridized carbons (Fsp3) is 0.304. The molecule has 0 unspecified atom stereocenters. The Balaban J connectivity index is 1.56. The number of hydrogen-bond donors (Lipinski definition) is 1. The van der Waals surface area contributed by atoms with Gasteiger partial charge in [-0.3, -0.25) is 4.57 Å². The van der Waals surface area contributed by atoms with Crippen LogP contribution in [0.1, 0.15) is 32.1 Å². The lowest BCUT2D eigenvalue weighted by Crippen LogP contribution is -2.40. The highest BCUT2D eigenvalue weighted by Gasteiger charge is 2.23. The Kier molecular flexibility index (Phi) is 5.15. The van der Waals surface area contributed by atoms with E-state index in [-0.39, 0.29) is 11.8 Å². The Bertz CT molecular complexity index is 973. The normalized spacial score (nSPS) is 14.8. The SMILES string of the molecule is CN(C(=O)n1cnc(-c2cccc(-c3cccc(O)c3)c2)c1)C1CCCCC1. The van der Waals surface area contributed by atoms with Crippen LogP contribution in [0.4, 0.5) is 4.79 Å². The predicted molar refractivity (Wildman–Crippen MR) is 110 cm³/mol. The van der Waals surface area contributed by atoms with Crippen molar-refractivity contribution in [3.63, 3.8) is 0 Å². The molecule has 1 saturated carbocycles. The van der Waals surface area contributed by atoms with Gasteiger partial charge in [-0.15, -0.1) is 0 Å². The molecule has 0 atom stereocenters. The molecule has 5 heteroatoms.